The topological polar surface area (TPSA) is 24.9 Å². The molecule has 0 amide bonds. The average molecular weight is 419 g/mol. The van der Waals surface area contributed by atoms with Crippen molar-refractivity contribution in [2.75, 3.05) is 5.32 Å². The van der Waals surface area contributed by atoms with Crippen molar-refractivity contribution in [3.05, 3.63) is 132 Å². The zero-order valence-corrected chi connectivity index (χ0v) is 17.8. The van der Waals surface area contributed by atoms with Crippen LogP contribution in [-0.2, 0) is 0 Å². The fourth-order valence-corrected chi connectivity index (χ4v) is 4.75. The van der Waals surface area contributed by atoms with Crippen LogP contribution < -0.4 is 5.32 Å². The van der Waals surface area contributed by atoms with Crippen LogP contribution in [0.4, 0.5) is 5.13 Å². The number of aromatic nitrogens is 1. The van der Waals surface area contributed by atoms with Crippen molar-refractivity contribution in [1.82, 2.24) is 4.98 Å². The molecule has 5 rings (SSSR count). The smallest absolute Gasteiger partial charge is 0.184 e. The first kappa shape index (κ1) is 19.3. The molecule has 4 aromatic carbocycles. The lowest BCUT2D eigenvalue weighted by Crippen LogP contribution is -2.12. The standard InChI is InChI=1S/C28H22N2S/c1-5-13-21(14-6-1)25(22-15-7-2-8-16-22)29-28-30-26(23-17-9-3-10-18-23)27(31-28)24-19-11-4-12-20-24/h1-20,25H,(H,29,30). The highest BCUT2D eigenvalue weighted by atomic mass is 32.1. The van der Waals surface area contributed by atoms with Gasteiger partial charge in [0, 0.05) is 5.56 Å². The Bertz CT molecular complexity index is 1140. The largest absolute Gasteiger partial charge is 0.351 e. The Kier molecular flexibility index (Phi) is 5.59. The predicted molar refractivity (Wildman–Crippen MR) is 131 cm³/mol. The molecule has 1 heterocycles. The minimum Gasteiger partial charge on any atom is -0.351 e. The zero-order chi connectivity index (χ0) is 20.9. The van der Waals surface area contributed by atoms with Crippen LogP contribution in [0.3, 0.4) is 0 Å². The lowest BCUT2D eigenvalue weighted by molar-refractivity contribution is 0.935. The van der Waals surface area contributed by atoms with Gasteiger partial charge in [-0.3, -0.25) is 0 Å². The Labute approximate surface area is 186 Å². The molecule has 0 atom stereocenters. The van der Waals surface area contributed by atoms with E-state index in [1.54, 1.807) is 11.3 Å². The van der Waals surface area contributed by atoms with Crippen LogP contribution in [0.2, 0.25) is 0 Å². The number of thiazole rings is 1. The van der Waals surface area contributed by atoms with E-state index in [9.17, 15) is 0 Å². The molecule has 0 aliphatic heterocycles. The fraction of sp³-hybridized carbons (Fsp3) is 0.0357. The van der Waals surface area contributed by atoms with E-state index in [-0.39, 0.29) is 6.04 Å². The van der Waals surface area contributed by atoms with Gasteiger partial charge >= 0.3 is 0 Å². The molecule has 0 spiro atoms. The molecule has 0 bridgehead atoms. The Morgan fingerprint density at radius 1 is 0.548 bits per heavy atom. The molecule has 5 aromatic rings. The van der Waals surface area contributed by atoms with Gasteiger partial charge in [-0.05, 0) is 16.7 Å². The first-order chi connectivity index (χ1) is 15.4. The van der Waals surface area contributed by atoms with Crippen LogP contribution >= 0.6 is 11.3 Å². The molecule has 0 unspecified atom stereocenters. The summed E-state index contributed by atoms with van der Waals surface area (Å²) in [5, 5.41) is 4.63. The van der Waals surface area contributed by atoms with E-state index in [1.807, 2.05) is 12.1 Å². The summed E-state index contributed by atoms with van der Waals surface area (Å²) >= 11 is 1.70. The lowest BCUT2D eigenvalue weighted by Gasteiger charge is -2.19. The van der Waals surface area contributed by atoms with Crippen LogP contribution in [0.15, 0.2) is 121 Å². The van der Waals surface area contributed by atoms with Gasteiger partial charge < -0.3 is 5.32 Å². The predicted octanol–water partition coefficient (Wildman–Crippen LogP) is 7.68. The third-order valence-corrected chi connectivity index (χ3v) is 6.28. The van der Waals surface area contributed by atoms with E-state index in [1.165, 1.54) is 21.6 Å². The van der Waals surface area contributed by atoms with E-state index in [0.717, 1.165) is 16.4 Å². The molecule has 0 aliphatic carbocycles. The van der Waals surface area contributed by atoms with Gasteiger partial charge in [-0.15, -0.1) is 0 Å². The maximum absolute atomic E-state index is 5.06. The minimum absolute atomic E-state index is 0.0285. The quantitative estimate of drug-likeness (QED) is 0.306. The summed E-state index contributed by atoms with van der Waals surface area (Å²) in [5.74, 6) is 0. The summed E-state index contributed by atoms with van der Waals surface area (Å²) in [6.07, 6.45) is 0. The zero-order valence-electron chi connectivity index (χ0n) is 17.0. The molecule has 1 N–H and O–H groups in total. The number of anilines is 1. The van der Waals surface area contributed by atoms with Crippen molar-refractivity contribution < 1.29 is 0 Å². The number of hydrogen-bond acceptors (Lipinski definition) is 3. The van der Waals surface area contributed by atoms with Crippen LogP contribution in [0.25, 0.3) is 21.7 Å². The maximum Gasteiger partial charge on any atom is 0.184 e. The molecule has 2 nitrogen and oxygen atoms in total. The monoisotopic (exact) mass is 418 g/mol. The maximum atomic E-state index is 5.06. The number of benzene rings is 4. The molecule has 0 aliphatic rings. The molecular formula is C28H22N2S. The van der Waals surface area contributed by atoms with E-state index in [4.69, 9.17) is 4.98 Å². The Morgan fingerprint density at radius 3 is 1.52 bits per heavy atom. The van der Waals surface area contributed by atoms with Crippen molar-refractivity contribution >= 4 is 16.5 Å². The first-order valence-electron chi connectivity index (χ1n) is 10.4. The number of rotatable bonds is 6. The molecule has 0 saturated heterocycles. The first-order valence-corrected chi connectivity index (χ1v) is 11.2. The highest BCUT2D eigenvalue weighted by Gasteiger charge is 2.19. The summed E-state index contributed by atoms with van der Waals surface area (Å²) in [6.45, 7) is 0. The number of hydrogen-bond donors (Lipinski definition) is 1. The van der Waals surface area contributed by atoms with Crippen LogP contribution in [0.1, 0.15) is 17.2 Å². The summed E-state index contributed by atoms with van der Waals surface area (Å²) in [5.41, 5.74) is 5.75. The van der Waals surface area contributed by atoms with E-state index in [2.05, 4.69) is 115 Å². The van der Waals surface area contributed by atoms with Crippen molar-refractivity contribution in [3.63, 3.8) is 0 Å². The summed E-state index contributed by atoms with van der Waals surface area (Å²) < 4.78 is 0. The van der Waals surface area contributed by atoms with Gasteiger partial charge in [0.1, 0.15) is 0 Å². The lowest BCUT2D eigenvalue weighted by atomic mass is 9.99. The highest BCUT2D eigenvalue weighted by Crippen LogP contribution is 2.40. The molecule has 31 heavy (non-hydrogen) atoms. The molecule has 3 heteroatoms. The van der Waals surface area contributed by atoms with Gasteiger partial charge in [0.05, 0.1) is 16.6 Å². The molecule has 1 aromatic heterocycles. The number of nitrogens with zero attached hydrogens (tertiary/aromatic N) is 1. The molecular weight excluding hydrogens is 396 g/mol. The highest BCUT2D eigenvalue weighted by molar-refractivity contribution is 7.19. The second kappa shape index (κ2) is 8.99. The van der Waals surface area contributed by atoms with Gasteiger partial charge in [-0.2, -0.15) is 0 Å². The second-order valence-corrected chi connectivity index (χ2v) is 8.33. The summed E-state index contributed by atoms with van der Waals surface area (Å²) in [6, 6.07) is 42.0. The number of nitrogens with one attached hydrogen (secondary N) is 1. The van der Waals surface area contributed by atoms with Gasteiger partial charge in [0.2, 0.25) is 0 Å². The average Bonchev–Trinajstić information content (AvgIpc) is 3.29. The third kappa shape index (κ3) is 4.27. The minimum atomic E-state index is 0.0285. The van der Waals surface area contributed by atoms with Crippen molar-refractivity contribution in [2.24, 2.45) is 0 Å². The molecule has 150 valence electrons. The fourth-order valence-electron chi connectivity index (χ4n) is 3.73. The van der Waals surface area contributed by atoms with Crippen LogP contribution in [0, 0.1) is 0 Å². The van der Waals surface area contributed by atoms with Gasteiger partial charge in [0.25, 0.3) is 0 Å². The Morgan fingerprint density at radius 2 is 1.00 bits per heavy atom. The van der Waals surface area contributed by atoms with Gasteiger partial charge in [-0.25, -0.2) is 4.98 Å². The van der Waals surface area contributed by atoms with Crippen LogP contribution in [0.5, 0.6) is 0 Å². The van der Waals surface area contributed by atoms with E-state index in [0.29, 0.717) is 0 Å². The summed E-state index contributed by atoms with van der Waals surface area (Å²) in [4.78, 5) is 6.23. The normalized spacial score (nSPS) is 10.9. The van der Waals surface area contributed by atoms with Crippen molar-refractivity contribution in [3.8, 4) is 21.7 Å². The molecule has 0 saturated carbocycles. The van der Waals surface area contributed by atoms with Gasteiger partial charge in [-0.1, -0.05) is 133 Å². The second-order valence-electron chi connectivity index (χ2n) is 7.33. The Hall–Kier alpha value is -3.69. The van der Waals surface area contributed by atoms with Crippen molar-refractivity contribution in [2.45, 2.75) is 6.04 Å². The SMILES string of the molecule is c1ccc(-c2nc(NC(c3ccccc3)c3ccccc3)sc2-c2ccccc2)cc1. The van der Waals surface area contributed by atoms with Crippen LogP contribution in [-0.4, -0.2) is 4.98 Å². The van der Waals surface area contributed by atoms with Crippen molar-refractivity contribution in [1.29, 1.82) is 0 Å². The van der Waals surface area contributed by atoms with Gasteiger partial charge in [0.15, 0.2) is 5.13 Å². The third-order valence-electron chi connectivity index (χ3n) is 5.24. The molecule has 0 fully saturated rings. The molecule has 0 radical (unpaired) electrons. The van der Waals surface area contributed by atoms with E-state index < -0.39 is 0 Å². The van der Waals surface area contributed by atoms with E-state index >= 15 is 0 Å². The summed E-state index contributed by atoms with van der Waals surface area (Å²) in [7, 11) is 0. The Balaban J connectivity index is 1.59.